The van der Waals surface area contributed by atoms with E-state index < -0.39 is 11.9 Å². The summed E-state index contributed by atoms with van der Waals surface area (Å²) in [4.78, 5) is 20.3. The molecule has 0 radical (unpaired) electrons. The van der Waals surface area contributed by atoms with Crippen LogP contribution in [-0.4, -0.2) is 34.6 Å². The number of alkyl halides is 3. The highest BCUT2D eigenvalue weighted by Crippen LogP contribution is 2.41. The van der Waals surface area contributed by atoms with Gasteiger partial charge in [0.2, 0.25) is 0 Å². The second-order valence-electron chi connectivity index (χ2n) is 8.79. The summed E-state index contributed by atoms with van der Waals surface area (Å²) in [5, 5.41) is 2.66. The number of hydrogen-bond donors (Lipinski definition) is 1. The Bertz CT molecular complexity index is 1020. The Morgan fingerprint density at radius 1 is 1.22 bits per heavy atom. The van der Waals surface area contributed by atoms with Crippen molar-refractivity contribution in [1.29, 1.82) is 0 Å². The Hall–Kier alpha value is -2.84. The van der Waals surface area contributed by atoms with Crippen LogP contribution >= 0.6 is 0 Å². The molecule has 0 saturated carbocycles. The summed E-state index contributed by atoms with van der Waals surface area (Å²) in [6, 6.07) is 5.56. The lowest BCUT2D eigenvalue weighted by Gasteiger charge is -2.20. The van der Waals surface area contributed by atoms with Gasteiger partial charge in [0.1, 0.15) is 11.4 Å². The molecule has 1 amide bonds. The lowest BCUT2D eigenvalue weighted by molar-refractivity contribution is -0.142. The average molecular weight is 449 g/mol. The summed E-state index contributed by atoms with van der Waals surface area (Å²) in [5.74, 6) is 0.855. The highest BCUT2D eigenvalue weighted by molar-refractivity contribution is 5.77. The van der Waals surface area contributed by atoms with E-state index in [1.165, 1.54) is 0 Å². The lowest BCUT2D eigenvalue weighted by atomic mass is 9.94. The first-order chi connectivity index (χ1) is 15.1. The minimum absolute atomic E-state index is 0.0932. The molecule has 9 heteroatoms. The van der Waals surface area contributed by atoms with Crippen LogP contribution in [0.1, 0.15) is 55.0 Å². The first kappa shape index (κ1) is 22.4. The number of aryl methyl sites for hydroxylation is 1. The van der Waals surface area contributed by atoms with Gasteiger partial charge >= 0.3 is 6.18 Å². The van der Waals surface area contributed by atoms with E-state index in [0.717, 1.165) is 18.4 Å². The Morgan fingerprint density at radius 3 is 2.78 bits per heavy atom. The lowest BCUT2D eigenvalue weighted by Crippen LogP contribution is -2.31. The van der Waals surface area contributed by atoms with E-state index in [2.05, 4.69) is 15.3 Å². The number of nitrogens with zero attached hydrogens (tertiary/aromatic N) is 2. The number of nitrogens with one attached hydrogen (secondary N) is 1. The first-order valence-corrected chi connectivity index (χ1v) is 10.8. The fraction of sp³-hybridized carbons (Fsp3) is 0.522. The summed E-state index contributed by atoms with van der Waals surface area (Å²) in [5.41, 5.74) is 0.550. The molecule has 1 aromatic carbocycles. The molecule has 0 fully saturated rings. The fourth-order valence-electron chi connectivity index (χ4n) is 4.20. The van der Waals surface area contributed by atoms with Crippen LogP contribution in [0, 0.1) is 0 Å². The number of carbonyl (C=O) groups is 1. The van der Waals surface area contributed by atoms with Crippen molar-refractivity contribution < 1.29 is 27.4 Å². The summed E-state index contributed by atoms with van der Waals surface area (Å²) in [6.45, 7) is 3.86. The van der Waals surface area contributed by atoms with E-state index in [1.807, 2.05) is 26.0 Å². The van der Waals surface area contributed by atoms with Crippen molar-refractivity contribution >= 4 is 5.91 Å². The van der Waals surface area contributed by atoms with Crippen molar-refractivity contribution in [2.75, 3.05) is 13.2 Å². The van der Waals surface area contributed by atoms with Crippen LogP contribution in [0.25, 0.3) is 0 Å². The minimum atomic E-state index is -4.51. The molecular weight excluding hydrogens is 423 g/mol. The predicted octanol–water partition coefficient (Wildman–Crippen LogP) is 3.83. The SMILES string of the molecule is CC1(C)Cc2cccc(OCC(=O)NCCc3nc4c(c(C(F)(F)F)n3)CCCC4)c2O1. The molecule has 172 valence electrons. The maximum Gasteiger partial charge on any atom is 0.433 e. The summed E-state index contributed by atoms with van der Waals surface area (Å²) in [7, 11) is 0. The van der Waals surface area contributed by atoms with Gasteiger partial charge < -0.3 is 14.8 Å². The van der Waals surface area contributed by atoms with Crippen molar-refractivity contribution in [3.8, 4) is 11.5 Å². The number of benzene rings is 1. The summed E-state index contributed by atoms with van der Waals surface area (Å²) < 4.78 is 51.8. The van der Waals surface area contributed by atoms with Gasteiger partial charge in [0.25, 0.3) is 5.91 Å². The molecule has 4 rings (SSSR count). The third-order valence-electron chi connectivity index (χ3n) is 5.58. The van der Waals surface area contributed by atoms with Crippen molar-refractivity contribution in [1.82, 2.24) is 15.3 Å². The number of hydrogen-bond acceptors (Lipinski definition) is 5. The number of rotatable bonds is 6. The highest BCUT2D eigenvalue weighted by Gasteiger charge is 2.38. The van der Waals surface area contributed by atoms with Crippen LogP contribution in [0.5, 0.6) is 11.5 Å². The normalized spacial score (nSPS) is 16.7. The molecule has 0 unspecified atom stereocenters. The topological polar surface area (TPSA) is 73.3 Å². The van der Waals surface area contributed by atoms with Gasteiger partial charge in [-0.3, -0.25) is 4.79 Å². The number of fused-ring (bicyclic) bond motifs is 2. The molecule has 0 atom stereocenters. The zero-order valence-electron chi connectivity index (χ0n) is 18.1. The van der Waals surface area contributed by atoms with Crippen LogP contribution in [0.4, 0.5) is 13.2 Å². The number of aromatic nitrogens is 2. The molecule has 2 aromatic rings. The molecule has 0 bridgehead atoms. The van der Waals surface area contributed by atoms with Gasteiger partial charge in [0, 0.05) is 36.2 Å². The molecule has 6 nitrogen and oxygen atoms in total. The first-order valence-electron chi connectivity index (χ1n) is 10.8. The maximum absolute atomic E-state index is 13.4. The molecule has 32 heavy (non-hydrogen) atoms. The molecule has 0 spiro atoms. The van der Waals surface area contributed by atoms with Gasteiger partial charge in [0.15, 0.2) is 23.8 Å². The molecule has 1 aliphatic heterocycles. The zero-order chi connectivity index (χ0) is 22.9. The summed E-state index contributed by atoms with van der Waals surface area (Å²) in [6.07, 6.45) is -1.24. The molecule has 1 aliphatic carbocycles. The summed E-state index contributed by atoms with van der Waals surface area (Å²) >= 11 is 0. The Labute approximate surface area is 184 Å². The van der Waals surface area contributed by atoms with Crippen LogP contribution < -0.4 is 14.8 Å². The van der Waals surface area contributed by atoms with Crippen molar-refractivity contribution in [3.63, 3.8) is 0 Å². The Morgan fingerprint density at radius 2 is 2.00 bits per heavy atom. The smallest absolute Gasteiger partial charge is 0.433 e. The standard InChI is InChI=1S/C23H26F3N3O3/c1-22(2)12-14-6-5-9-17(20(14)32-22)31-13-19(30)27-11-10-18-28-16-8-4-3-7-15(16)21(29-18)23(24,25)26/h5-6,9H,3-4,7-8,10-13H2,1-2H3,(H,27,30). The second-order valence-corrected chi connectivity index (χ2v) is 8.79. The zero-order valence-corrected chi connectivity index (χ0v) is 18.1. The number of amides is 1. The van der Waals surface area contributed by atoms with E-state index in [-0.39, 0.29) is 42.5 Å². The third-order valence-corrected chi connectivity index (χ3v) is 5.58. The van der Waals surface area contributed by atoms with E-state index in [1.54, 1.807) is 6.07 Å². The van der Waals surface area contributed by atoms with Gasteiger partial charge in [-0.2, -0.15) is 13.2 Å². The predicted molar refractivity (Wildman–Crippen MR) is 111 cm³/mol. The van der Waals surface area contributed by atoms with Crippen molar-refractivity contribution in [2.24, 2.45) is 0 Å². The van der Waals surface area contributed by atoms with E-state index >= 15 is 0 Å². The highest BCUT2D eigenvalue weighted by atomic mass is 19.4. The number of halogens is 3. The maximum atomic E-state index is 13.4. The van der Waals surface area contributed by atoms with Gasteiger partial charge in [-0.25, -0.2) is 9.97 Å². The van der Waals surface area contributed by atoms with Crippen LogP contribution in [0.2, 0.25) is 0 Å². The number of carbonyl (C=O) groups excluding carboxylic acids is 1. The quantitative estimate of drug-likeness (QED) is 0.726. The van der Waals surface area contributed by atoms with E-state index in [0.29, 0.717) is 36.5 Å². The molecule has 0 saturated heterocycles. The van der Waals surface area contributed by atoms with Crippen LogP contribution in [0.15, 0.2) is 18.2 Å². The average Bonchev–Trinajstić information content (AvgIpc) is 3.05. The fourth-order valence-corrected chi connectivity index (χ4v) is 4.20. The van der Waals surface area contributed by atoms with E-state index in [9.17, 15) is 18.0 Å². The monoisotopic (exact) mass is 449 g/mol. The van der Waals surface area contributed by atoms with E-state index in [4.69, 9.17) is 9.47 Å². The molecule has 1 N–H and O–H groups in total. The molecule has 2 aliphatic rings. The van der Waals surface area contributed by atoms with Crippen LogP contribution in [0.3, 0.4) is 0 Å². The molecular formula is C23H26F3N3O3. The van der Waals surface area contributed by atoms with Crippen molar-refractivity contribution in [2.45, 2.75) is 64.1 Å². The number of ether oxygens (including phenoxy) is 2. The van der Waals surface area contributed by atoms with Gasteiger partial charge in [-0.05, 0) is 45.6 Å². The van der Waals surface area contributed by atoms with Gasteiger partial charge in [0.05, 0.1) is 0 Å². The number of para-hydroxylation sites is 1. The Balaban J connectivity index is 1.33. The third kappa shape index (κ3) is 4.97. The van der Waals surface area contributed by atoms with Gasteiger partial charge in [-0.15, -0.1) is 0 Å². The van der Waals surface area contributed by atoms with Gasteiger partial charge in [-0.1, -0.05) is 12.1 Å². The van der Waals surface area contributed by atoms with Crippen LogP contribution in [-0.2, 0) is 36.7 Å². The minimum Gasteiger partial charge on any atom is -0.483 e. The second kappa shape index (κ2) is 8.60. The molecule has 2 heterocycles. The largest absolute Gasteiger partial charge is 0.483 e. The van der Waals surface area contributed by atoms with Crippen molar-refractivity contribution in [3.05, 3.63) is 46.5 Å². The Kier molecular flexibility index (Phi) is 6.01. The molecule has 1 aromatic heterocycles.